The highest BCUT2D eigenvalue weighted by atomic mass is 35.5. The Morgan fingerprint density at radius 2 is 2.10 bits per heavy atom. The summed E-state index contributed by atoms with van der Waals surface area (Å²) in [7, 11) is 0. The van der Waals surface area contributed by atoms with E-state index in [-0.39, 0.29) is 11.8 Å². The van der Waals surface area contributed by atoms with Crippen LogP contribution in [0.5, 0.6) is 0 Å². The highest BCUT2D eigenvalue weighted by Gasteiger charge is 2.29. The van der Waals surface area contributed by atoms with E-state index in [1.807, 2.05) is 12.1 Å². The number of amides is 1. The molecule has 20 heavy (non-hydrogen) atoms. The standard InChI is InChI=1S/C14H14ClN3O2/c1-9(19)18-7-6-11(8-18)14-17-16-13(20-14)10-2-4-12(15)5-3-10/h2-5,11H,6-8H2,1H3/t11-/m0/s1. The maximum absolute atomic E-state index is 11.3. The minimum atomic E-state index is 0.0879. The maximum atomic E-state index is 11.3. The number of rotatable bonds is 2. The van der Waals surface area contributed by atoms with Gasteiger partial charge in [-0.2, -0.15) is 0 Å². The van der Waals surface area contributed by atoms with E-state index >= 15 is 0 Å². The van der Waals surface area contributed by atoms with Gasteiger partial charge in [-0.3, -0.25) is 4.79 Å². The molecule has 0 spiro atoms. The van der Waals surface area contributed by atoms with Gasteiger partial charge >= 0.3 is 0 Å². The molecule has 1 aromatic carbocycles. The lowest BCUT2D eigenvalue weighted by molar-refractivity contribution is -0.127. The third kappa shape index (κ3) is 2.54. The lowest BCUT2D eigenvalue weighted by atomic mass is 10.1. The van der Waals surface area contributed by atoms with Gasteiger partial charge in [0.2, 0.25) is 17.7 Å². The van der Waals surface area contributed by atoms with Gasteiger partial charge in [0.05, 0.1) is 5.92 Å². The number of hydrogen-bond donors (Lipinski definition) is 0. The first-order valence-electron chi connectivity index (χ1n) is 6.48. The molecule has 5 nitrogen and oxygen atoms in total. The summed E-state index contributed by atoms with van der Waals surface area (Å²) in [6, 6.07) is 7.26. The van der Waals surface area contributed by atoms with Gasteiger partial charge < -0.3 is 9.32 Å². The molecule has 0 unspecified atom stereocenters. The number of carbonyl (C=O) groups excluding carboxylic acids is 1. The number of aromatic nitrogens is 2. The van der Waals surface area contributed by atoms with E-state index in [0.29, 0.717) is 23.3 Å². The highest BCUT2D eigenvalue weighted by Crippen LogP contribution is 2.28. The van der Waals surface area contributed by atoms with Crippen LogP contribution in [0.25, 0.3) is 11.5 Å². The number of carbonyl (C=O) groups is 1. The fourth-order valence-corrected chi connectivity index (χ4v) is 2.48. The van der Waals surface area contributed by atoms with Crippen molar-refractivity contribution >= 4 is 17.5 Å². The Kier molecular flexibility index (Phi) is 3.44. The fourth-order valence-electron chi connectivity index (χ4n) is 2.36. The molecule has 0 saturated carbocycles. The van der Waals surface area contributed by atoms with Gasteiger partial charge in [0.15, 0.2) is 0 Å². The Morgan fingerprint density at radius 1 is 1.35 bits per heavy atom. The van der Waals surface area contributed by atoms with Crippen LogP contribution < -0.4 is 0 Å². The van der Waals surface area contributed by atoms with Gasteiger partial charge in [-0.25, -0.2) is 0 Å². The van der Waals surface area contributed by atoms with Gasteiger partial charge in [-0.15, -0.1) is 10.2 Å². The molecule has 0 radical (unpaired) electrons. The summed E-state index contributed by atoms with van der Waals surface area (Å²) in [6.07, 6.45) is 0.863. The second-order valence-corrected chi connectivity index (χ2v) is 5.34. The number of likely N-dealkylation sites (tertiary alicyclic amines) is 1. The third-order valence-electron chi connectivity index (χ3n) is 3.51. The van der Waals surface area contributed by atoms with Crippen molar-refractivity contribution in [3.05, 3.63) is 35.2 Å². The molecule has 1 aliphatic rings. The van der Waals surface area contributed by atoms with Gasteiger partial charge in [0, 0.05) is 30.6 Å². The predicted molar refractivity (Wildman–Crippen MR) is 74.4 cm³/mol. The second kappa shape index (κ2) is 5.25. The first-order valence-corrected chi connectivity index (χ1v) is 6.86. The Labute approximate surface area is 121 Å². The molecule has 1 atom stereocenters. The Hall–Kier alpha value is -1.88. The second-order valence-electron chi connectivity index (χ2n) is 4.90. The van der Waals surface area contributed by atoms with Crippen molar-refractivity contribution in [2.45, 2.75) is 19.3 Å². The summed E-state index contributed by atoms with van der Waals surface area (Å²) in [5.74, 6) is 1.30. The van der Waals surface area contributed by atoms with Gasteiger partial charge in [0.1, 0.15) is 0 Å². The van der Waals surface area contributed by atoms with Crippen molar-refractivity contribution in [1.29, 1.82) is 0 Å². The minimum absolute atomic E-state index is 0.0879. The first-order chi connectivity index (χ1) is 9.63. The van der Waals surface area contributed by atoms with Crippen molar-refractivity contribution < 1.29 is 9.21 Å². The number of nitrogens with zero attached hydrogens (tertiary/aromatic N) is 3. The van der Waals surface area contributed by atoms with E-state index < -0.39 is 0 Å². The molecule has 1 amide bonds. The Balaban J connectivity index is 1.77. The van der Waals surface area contributed by atoms with E-state index in [1.54, 1.807) is 24.0 Å². The molecule has 0 N–H and O–H groups in total. The molecule has 0 bridgehead atoms. The topological polar surface area (TPSA) is 59.2 Å². The monoisotopic (exact) mass is 291 g/mol. The zero-order chi connectivity index (χ0) is 14.1. The molecule has 1 saturated heterocycles. The summed E-state index contributed by atoms with van der Waals surface area (Å²) in [4.78, 5) is 13.1. The van der Waals surface area contributed by atoms with Crippen LogP contribution in [0.1, 0.15) is 25.2 Å². The van der Waals surface area contributed by atoms with Crippen LogP contribution in [0.2, 0.25) is 5.02 Å². The number of hydrogen-bond acceptors (Lipinski definition) is 4. The third-order valence-corrected chi connectivity index (χ3v) is 3.77. The van der Waals surface area contributed by atoms with E-state index in [4.69, 9.17) is 16.0 Å². The number of halogens is 1. The smallest absolute Gasteiger partial charge is 0.247 e. The zero-order valence-electron chi connectivity index (χ0n) is 11.0. The van der Waals surface area contributed by atoms with Crippen molar-refractivity contribution in [2.24, 2.45) is 0 Å². The average molecular weight is 292 g/mol. The molecule has 3 rings (SSSR count). The van der Waals surface area contributed by atoms with Gasteiger partial charge in [-0.05, 0) is 30.7 Å². The molecule has 1 aliphatic heterocycles. The van der Waals surface area contributed by atoms with E-state index in [1.165, 1.54) is 0 Å². The maximum Gasteiger partial charge on any atom is 0.247 e. The minimum Gasteiger partial charge on any atom is -0.420 e. The van der Waals surface area contributed by atoms with Crippen LogP contribution in [-0.4, -0.2) is 34.1 Å². The Bertz CT molecular complexity index is 624. The van der Waals surface area contributed by atoms with E-state index in [9.17, 15) is 4.79 Å². The van der Waals surface area contributed by atoms with Crippen LogP contribution in [0, 0.1) is 0 Å². The van der Waals surface area contributed by atoms with Crippen molar-refractivity contribution in [1.82, 2.24) is 15.1 Å². The molecule has 6 heteroatoms. The van der Waals surface area contributed by atoms with E-state index in [2.05, 4.69) is 10.2 Å². The average Bonchev–Trinajstić information content (AvgIpc) is 3.08. The van der Waals surface area contributed by atoms with Gasteiger partial charge in [0.25, 0.3) is 0 Å². The normalized spacial score (nSPS) is 18.5. The van der Waals surface area contributed by atoms with Crippen LogP contribution in [0.15, 0.2) is 28.7 Å². The highest BCUT2D eigenvalue weighted by molar-refractivity contribution is 6.30. The zero-order valence-corrected chi connectivity index (χ0v) is 11.8. The SMILES string of the molecule is CC(=O)N1CC[C@H](c2nnc(-c3ccc(Cl)cc3)o2)C1. The Morgan fingerprint density at radius 3 is 2.75 bits per heavy atom. The summed E-state index contributed by atoms with van der Waals surface area (Å²) in [6.45, 7) is 2.98. The van der Waals surface area contributed by atoms with Crippen molar-refractivity contribution in [2.75, 3.05) is 13.1 Å². The van der Waals surface area contributed by atoms with Crippen LogP contribution >= 0.6 is 11.6 Å². The van der Waals surface area contributed by atoms with Crippen molar-refractivity contribution in [3.63, 3.8) is 0 Å². The summed E-state index contributed by atoms with van der Waals surface area (Å²) < 4.78 is 5.72. The predicted octanol–water partition coefficient (Wildman–Crippen LogP) is 2.73. The summed E-state index contributed by atoms with van der Waals surface area (Å²) >= 11 is 5.85. The van der Waals surface area contributed by atoms with Crippen LogP contribution in [-0.2, 0) is 4.79 Å². The summed E-state index contributed by atoms with van der Waals surface area (Å²) in [5.41, 5.74) is 0.842. The van der Waals surface area contributed by atoms with E-state index in [0.717, 1.165) is 18.5 Å². The quantitative estimate of drug-likeness (QED) is 0.853. The summed E-state index contributed by atoms with van der Waals surface area (Å²) in [5, 5.41) is 8.84. The van der Waals surface area contributed by atoms with Gasteiger partial charge in [-0.1, -0.05) is 11.6 Å². The fraction of sp³-hybridized carbons (Fsp3) is 0.357. The molecule has 0 aliphatic carbocycles. The van der Waals surface area contributed by atoms with Crippen LogP contribution in [0.4, 0.5) is 0 Å². The van der Waals surface area contributed by atoms with Crippen LogP contribution in [0.3, 0.4) is 0 Å². The largest absolute Gasteiger partial charge is 0.420 e. The first kappa shape index (κ1) is 13.1. The molecule has 2 heterocycles. The molecule has 1 aromatic heterocycles. The number of benzene rings is 1. The molecule has 104 valence electrons. The molecule has 1 fully saturated rings. The van der Waals surface area contributed by atoms with Crippen molar-refractivity contribution in [3.8, 4) is 11.5 Å². The molecular weight excluding hydrogens is 278 g/mol. The lowest BCUT2D eigenvalue weighted by Gasteiger charge is -2.11. The molecular formula is C14H14ClN3O2. The molecule has 2 aromatic rings. The lowest BCUT2D eigenvalue weighted by Crippen LogP contribution is -2.25.